The highest BCUT2D eigenvalue weighted by Gasteiger charge is 2.37. The highest BCUT2D eigenvalue weighted by Crippen LogP contribution is 2.30. The smallest absolute Gasteiger partial charge is 0.408 e. The molecule has 230 valence electrons. The molecule has 0 aliphatic heterocycles. The zero-order valence-electron chi connectivity index (χ0n) is 25.6. The topological polar surface area (TPSA) is 131 Å². The van der Waals surface area contributed by atoms with E-state index in [4.69, 9.17) is 22.1 Å². The van der Waals surface area contributed by atoms with Crippen LogP contribution in [-0.2, 0) is 19.1 Å². The van der Waals surface area contributed by atoms with Crippen LogP contribution in [0.15, 0.2) is 42.5 Å². The van der Waals surface area contributed by atoms with Crippen LogP contribution in [0.3, 0.4) is 0 Å². The number of hydrogen-bond donors (Lipinski definition) is 3. The van der Waals surface area contributed by atoms with Crippen LogP contribution < -0.4 is 16.4 Å². The number of rotatable bonds is 14. The first-order valence-electron chi connectivity index (χ1n) is 14.4. The number of nitrogens with one attached hydrogen (secondary N) is 2. The standard InChI is InChI=1S/C32H45ClN4O5/c1-7-8-9-10-11-19-37(30(40)25(20-26(34)38)35-31(41)42-32(4,5)6)28(23-17-15-21(2)16-18-23)29(39)36-27-22(3)13-12-14-24(27)33/h12-18,25,28H,7-11,19-20H2,1-6H3,(H2,34,38)(H,35,41)(H,36,39). The van der Waals surface area contributed by atoms with E-state index in [0.717, 1.165) is 36.8 Å². The molecule has 2 aromatic rings. The first kappa shape index (κ1) is 34.6. The summed E-state index contributed by atoms with van der Waals surface area (Å²) >= 11 is 6.43. The third kappa shape index (κ3) is 11.0. The summed E-state index contributed by atoms with van der Waals surface area (Å²) in [5, 5.41) is 5.80. The van der Waals surface area contributed by atoms with Gasteiger partial charge in [0.2, 0.25) is 11.8 Å². The monoisotopic (exact) mass is 600 g/mol. The van der Waals surface area contributed by atoms with Crippen LogP contribution in [0.5, 0.6) is 0 Å². The molecule has 4 amide bonds. The summed E-state index contributed by atoms with van der Waals surface area (Å²) in [6, 6.07) is 10.2. The number of carbonyl (C=O) groups excluding carboxylic acids is 4. The molecule has 42 heavy (non-hydrogen) atoms. The van der Waals surface area contributed by atoms with E-state index in [1.807, 2.05) is 32.0 Å². The van der Waals surface area contributed by atoms with Crippen LogP contribution in [0.1, 0.15) is 89.0 Å². The molecular weight excluding hydrogens is 556 g/mol. The Morgan fingerprint density at radius 1 is 0.976 bits per heavy atom. The Hall–Kier alpha value is -3.59. The number of nitrogens with zero attached hydrogens (tertiary/aromatic N) is 1. The Balaban J connectivity index is 2.57. The minimum atomic E-state index is -1.34. The molecule has 2 rings (SSSR count). The van der Waals surface area contributed by atoms with Gasteiger partial charge in [-0.15, -0.1) is 0 Å². The minimum Gasteiger partial charge on any atom is -0.444 e. The van der Waals surface area contributed by atoms with Gasteiger partial charge in [-0.2, -0.15) is 0 Å². The number of hydrogen-bond acceptors (Lipinski definition) is 5. The number of halogens is 1. The Bertz CT molecular complexity index is 1210. The predicted molar refractivity (Wildman–Crippen MR) is 166 cm³/mol. The zero-order valence-corrected chi connectivity index (χ0v) is 26.3. The first-order valence-corrected chi connectivity index (χ1v) is 14.8. The van der Waals surface area contributed by atoms with Crippen LogP contribution in [0.2, 0.25) is 5.02 Å². The van der Waals surface area contributed by atoms with Gasteiger partial charge in [-0.05, 0) is 58.2 Å². The molecule has 0 aliphatic rings. The Labute approximate surface area is 254 Å². The van der Waals surface area contributed by atoms with E-state index in [1.165, 1.54) is 4.90 Å². The van der Waals surface area contributed by atoms with Crippen LogP contribution in [-0.4, -0.2) is 46.9 Å². The second-order valence-corrected chi connectivity index (χ2v) is 12.0. The maximum Gasteiger partial charge on any atom is 0.408 e. The highest BCUT2D eigenvalue weighted by molar-refractivity contribution is 6.34. The molecule has 9 nitrogen and oxygen atoms in total. The number of carbonyl (C=O) groups is 4. The van der Waals surface area contributed by atoms with E-state index < -0.39 is 47.9 Å². The summed E-state index contributed by atoms with van der Waals surface area (Å²) in [5.74, 6) is -1.88. The lowest BCUT2D eigenvalue weighted by atomic mass is 9.99. The number of alkyl carbamates (subject to hydrolysis) is 1. The van der Waals surface area contributed by atoms with Crippen molar-refractivity contribution in [3.63, 3.8) is 0 Å². The fraction of sp³-hybridized carbons (Fsp3) is 0.500. The quantitative estimate of drug-likeness (QED) is 0.222. The SMILES string of the molecule is CCCCCCCN(C(=O)C(CC(N)=O)NC(=O)OC(C)(C)C)C(C(=O)Nc1c(C)cccc1Cl)c1ccc(C)cc1. The molecule has 2 unspecified atom stereocenters. The largest absolute Gasteiger partial charge is 0.444 e. The van der Waals surface area contributed by atoms with Gasteiger partial charge in [0.05, 0.1) is 17.1 Å². The fourth-order valence-electron chi connectivity index (χ4n) is 4.51. The maximum absolute atomic E-state index is 14.2. The average molecular weight is 601 g/mol. The number of ether oxygens (including phenoxy) is 1. The number of anilines is 1. The number of nitrogens with two attached hydrogens (primary N) is 1. The molecule has 0 radical (unpaired) electrons. The summed E-state index contributed by atoms with van der Waals surface area (Å²) < 4.78 is 5.35. The van der Waals surface area contributed by atoms with Gasteiger partial charge >= 0.3 is 6.09 Å². The number of para-hydroxylation sites is 1. The van der Waals surface area contributed by atoms with Gasteiger partial charge in [0.1, 0.15) is 17.7 Å². The van der Waals surface area contributed by atoms with Crippen LogP contribution in [0.25, 0.3) is 0 Å². The maximum atomic E-state index is 14.2. The number of unbranched alkanes of at least 4 members (excludes halogenated alkanes) is 4. The van der Waals surface area contributed by atoms with E-state index in [1.54, 1.807) is 45.0 Å². The lowest BCUT2D eigenvalue weighted by Gasteiger charge is -2.34. The van der Waals surface area contributed by atoms with Crippen LogP contribution in [0.4, 0.5) is 10.5 Å². The molecule has 0 fully saturated rings. The van der Waals surface area contributed by atoms with Gasteiger partial charge in [-0.25, -0.2) is 4.79 Å². The summed E-state index contributed by atoms with van der Waals surface area (Å²) in [4.78, 5) is 54.4. The van der Waals surface area contributed by atoms with Crippen LogP contribution >= 0.6 is 11.6 Å². The van der Waals surface area contributed by atoms with Crippen molar-refractivity contribution in [2.24, 2.45) is 5.73 Å². The van der Waals surface area contributed by atoms with Crippen molar-refractivity contribution in [3.8, 4) is 0 Å². The van der Waals surface area contributed by atoms with Crippen molar-refractivity contribution < 1.29 is 23.9 Å². The Kier molecular flexibility index (Phi) is 13.3. The first-order chi connectivity index (χ1) is 19.7. The van der Waals surface area contributed by atoms with Crippen molar-refractivity contribution in [1.82, 2.24) is 10.2 Å². The molecule has 0 spiro atoms. The second-order valence-electron chi connectivity index (χ2n) is 11.5. The summed E-state index contributed by atoms with van der Waals surface area (Å²) in [7, 11) is 0. The number of aryl methyl sites for hydroxylation is 2. The molecule has 4 N–H and O–H groups in total. The van der Waals surface area contributed by atoms with E-state index in [2.05, 4.69) is 17.6 Å². The van der Waals surface area contributed by atoms with E-state index in [9.17, 15) is 19.2 Å². The van der Waals surface area contributed by atoms with Gasteiger partial charge in [-0.3, -0.25) is 14.4 Å². The molecule has 0 aliphatic carbocycles. The molecule has 0 saturated heterocycles. The molecular formula is C32H45ClN4O5. The average Bonchev–Trinajstić information content (AvgIpc) is 2.88. The van der Waals surface area contributed by atoms with Crippen LogP contribution in [0, 0.1) is 13.8 Å². The van der Waals surface area contributed by atoms with E-state index in [0.29, 0.717) is 22.7 Å². The third-order valence-electron chi connectivity index (χ3n) is 6.60. The summed E-state index contributed by atoms with van der Waals surface area (Å²) in [5.41, 5.74) is 7.41. The fourth-order valence-corrected chi connectivity index (χ4v) is 4.78. The molecule has 10 heteroatoms. The summed E-state index contributed by atoms with van der Waals surface area (Å²) in [6.07, 6.45) is 3.19. The summed E-state index contributed by atoms with van der Waals surface area (Å²) in [6.45, 7) is 11.1. The number of amides is 4. The van der Waals surface area contributed by atoms with Crippen molar-refractivity contribution in [1.29, 1.82) is 0 Å². The lowest BCUT2D eigenvalue weighted by Crippen LogP contribution is -2.53. The van der Waals surface area contributed by atoms with Gasteiger partial charge in [0, 0.05) is 6.54 Å². The second kappa shape index (κ2) is 16.2. The van der Waals surface area contributed by atoms with Gasteiger partial charge in [0.15, 0.2) is 0 Å². The van der Waals surface area contributed by atoms with Crippen molar-refractivity contribution in [2.45, 2.75) is 97.8 Å². The van der Waals surface area contributed by atoms with Crippen molar-refractivity contribution in [3.05, 3.63) is 64.2 Å². The van der Waals surface area contributed by atoms with Gasteiger partial charge in [0.25, 0.3) is 5.91 Å². The Morgan fingerprint density at radius 2 is 1.62 bits per heavy atom. The molecule has 2 aromatic carbocycles. The molecule has 0 heterocycles. The number of primary amides is 1. The minimum absolute atomic E-state index is 0.210. The number of benzene rings is 2. The Morgan fingerprint density at radius 3 is 2.19 bits per heavy atom. The van der Waals surface area contributed by atoms with Crippen molar-refractivity contribution >= 4 is 41.1 Å². The third-order valence-corrected chi connectivity index (χ3v) is 6.92. The normalized spacial score (nSPS) is 12.6. The van der Waals surface area contributed by atoms with Crippen molar-refractivity contribution in [2.75, 3.05) is 11.9 Å². The van der Waals surface area contributed by atoms with Gasteiger partial charge < -0.3 is 26.0 Å². The zero-order chi connectivity index (χ0) is 31.4. The molecule has 2 atom stereocenters. The van der Waals surface area contributed by atoms with E-state index in [-0.39, 0.29) is 6.54 Å². The molecule has 0 aromatic heterocycles. The predicted octanol–water partition coefficient (Wildman–Crippen LogP) is 6.20. The lowest BCUT2D eigenvalue weighted by molar-refractivity contribution is -0.142. The molecule has 0 saturated carbocycles. The molecule has 0 bridgehead atoms. The van der Waals surface area contributed by atoms with Gasteiger partial charge in [-0.1, -0.05) is 86.2 Å². The highest BCUT2D eigenvalue weighted by atomic mass is 35.5. The van der Waals surface area contributed by atoms with E-state index >= 15 is 0 Å².